The molecule has 5 heteroatoms. The lowest BCUT2D eigenvalue weighted by molar-refractivity contribution is -0.136. The van der Waals surface area contributed by atoms with Crippen molar-refractivity contribution >= 4 is 15.3 Å². The van der Waals surface area contributed by atoms with Crippen molar-refractivity contribution in [1.29, 1.82) is 0 Å². The fraction of sp³-hybridized carbons (Fsp3) is 0.750. The monoisotopic (exact) mass is 260 g/mol. The fourth-order valence-corrected chi connectivity index (χ4v) is 3.69. The molecule has 4 nitrogen and oxygen atoms in total. The second kappa shape index (κ2) is 9.38. The smallest absolute Gasteiger partial charge is 0.352 e. The Hall–Kier alpha value is -0.653. The predicted molar refractivity (Wildman–Crippen MR) is 70.0 cm³/mol. The van der Waals surface area contributed by atoms with E-state index >= 15 is 0 Å². The first kappa shape index (κ1) is 16.3. The molecule has 100 valence electrons. The maximum atomic E-state index is 11.6. The zero-order chi connectivity index (χ0) is 13.3. The highest BCUT2D eigenvalue weighted by molar-refractivity contribution is 6.54. The van der Waals surface area contributed by atoms with Gasteiger partial charge in [0, 0.05) is 18.8 Å². The third-order valence-electron chi connectivity index (χ3n) is 2.41. The van der Waals surface area contributed by atoms with Crippen molar-refractivity contribution in [2.75, 3.05) is 20.3 Å². The molecule has 0 saturated heterocycles. The molecule has 0 aliphatic carbocycles. The van der Waals surface area contributed by atoms with Gasteiger partial charge in [-0.15, -0.1) is 0 Å². The van der Waals surface area contributed by atoms with Crippen molar-refractivity contribution in [3.8, 4) is 0 Å². The van der Waals surface area contributed by atoms with E-state index in [0.29, 0.717) is 18.8 Å². The van der Waals surface area contributed by atoms with E-state index in [0.717, 1.165) is 18.0 Å². The van der Waals surface area contributed by atoms with Gasteiger partial charge in [-0.3, -0.25) is 0 Å². The van der Waals surface area contributed by atoms with E-state index in [1.807, 2.05) is 13.8 Å². The van der Waals surface area contributed by atoms with Crippen molar-refractivity contribution in [3.05, 3.63) is 10.8 Å². The van der Waals surface area contributed by atoms with Gasteiger partial charge in [0.15, 0.2) is 0 Å². The van der Waals surface area contributed by atoms with Crippen LogP contribution >= 0.6 is 0 Å². The van der Waals surface area contributed by atoms with Gasteiger partial charge in [0.1, 0.15) is 0 Å². The minimum Gasteiger partial charge on any atom is -0.466 e. The van der Waals surface area contributed by atoms with Gasteiger partial charge < -0.3 is 13.6 Å². The van der Waals surface area contributed by atoms with E-state index in [9.17, 15) is 4.79 Å². The summed E-state index contributed by atoms with van der Waals surface area (Å²) < 4.78 is 16.1. The summed E-state index contributed by atoms with van der Waals surface area (Å²) in [4.78, 5) is 11.6. The molecular weight excluding hydrogens is 236 g/mol. The standard InChI is InChI=1S/C12H24O4Si/c1-6-9-11(10(4)12(13)14-5)17(15-7-2)16-8-3/h17H,6-9H2,1-5H3. The Morgan fingerprint density at radius 2 is 1.65 bits per heavy atom. The molecule has 0 radical (unpaired) electrons. The number of ether oxygens (including phenoxy) is 1. The SMILES string of the molecule is CCCC(=C(C)C(=O)OC)[SiH](OCC)OCC. The average Bonchev–Trinajstić information content (AvgIpc) is 2.34. The summed E-state index contributed by atoms with van der Waals surface area (Å²) in [6, 6.07) is 0. The molecule has 0 bridgehead atoms. The van der Waals surface area contributed by atoms with Crippen LogP contribution in [-0.4, -0.2) is 35.6 Å². The molecule has 0 atom stereocenters. The summed E-state index contributed by atoms with van der Waals surface area (Å²) in [7, 11) is -0.519. The van der Waals surface area contributed by atoms with Gasteiger partial charge >= 0.3 is 15.3 Å². The number of rotatable bonds is 8. The molecule has 0 aliphatic rings. The Morgan fingerprint density at radius 1 is 1.12 bits per heavy atom. The molecule has 0 spiro atoms. The van der Waals surface area contributed by atoms with Crippen molar-refractivity contribution < 1.29 is 18.4 Å². The van der Waals surface area contributed by atoms with Crippen LogP contribution < -0.4 is 0 Å². The number of carbonyl (C=O) groups excluding carboxylic acids is 1. The van der Waals surface area contributed by atoms with E-state index in [-0.39, 0.29) is 5.97 Å². The molecule has 0 amide bonds. The van der Waals surface area contributed by atoms with Gasteiger partial charge in [-0.2, -0.15) is 0 Å². The minimum absolute atomic E-state index is 0.287. The number of hydrogen-bond acceptors (Lipinski definition) is 4. The zero-order valence-electron chi connectivity index (χ0n) is 11.5. The van der Waals surface area contributed by atoms with E-state index in [1.165, 1.54) is 7.11 Å². The molecular formula is C12H24O4Si. The molecule has 0 aromatic carbocycles. The molecule has 0 aliphatic heterocycles. The summed E-state index contributed by atoms with van der Waals surface area (Å²) in [5.74, 6) is -0.287. The van der Waals surface area contributed by atoms with Crippen molar-refractivity contribution in [1.82, 2.24) is 0 Å². The summed E-state index contributed by atoms with van der Waals surface area (Å²) in [5.41, 5.74) is 0.646. The van der Waals surface area contributed by atoms with Crippen LogP contribution in [0.4, 0.5) is 0 Å². The molecule has 0 aromatic rings. The molecule has 0 saturated carbocycles. The Kier molecular flexibility index (Phi) is 9.02. The van der Waals surface area contributed by atoms with Crippen molar-refractivity contribution in [3.63, 3.8) is 0 Å². The first-order valence-electron chi connectivity index (χ1n) is 6.13. The van der Waals surface area contributed by atoms with E-state index in [2.05, 4.69) is 6.92 Å². The highest BCUT2D eigenvalue weighted by Crippen LogP contribution is 2.17. The normalized spacial score (nSPS) is 12.6. The van der Waals surface area contributed by atoms with Crippen LogP contribution in [0.5, 0.6) is 0 Å². The molecule has 0 rings (SSSR count). The maximum absolute atomic E-state index is 11.6. The van der Waals surface area contributed by atoms with Crippen LogP contribution in [0.2, 0.25) is 0 Å². The zero-order valence-corrected chi connectivity index (χ0v) is 12.7. The van der Waals surface area contributed by atoms with Gasteiger partial charge in [0.25, 0.3) is 0 Å². The van der Waals surface area contributed by atoms with Crippen LogP contribution in [0.25, 0.3) is 0 Å². The van der Waals surface area contributed by atoms with Crippen LogP contribution in [0.1, 0.15) is 40.5 Å². The Labute approximate surface area is 106 Å². The highest BCUT2D eigenvalue weighted by atomic mass is 28.3. The van der Waals surface area contributed by atoms with E-state index in [4.69, 9.17) is 13.6 Å². The molecule has 0 unspecified atom stereocenters. The van der Waals surface area contributed by atoms with Gasteiger partial charge in [-0.1, -0.05) is 13.3 Å². The number of esters is 1. The van der Waals surface area contributed by atoms with Gasteiger partial charge in [0.2, 0.25) is 0 Å². The fourth-order valence-electron chi connectivity index (χ4n) is 1.59. The molecule has 0 aromatic heterocycles. The average molecular weight is 260 g/mol. The van der Waals surface area contributed by atoms with E-state index in [1.54, 1.807) is 6.92 Å². The quantitative estimate of drug-likeness (QED) is 0.381. The lowest BCUT2D eigenvalue weighted by Crippen LogP contribution is -2.28. The third-order valence-corrected chi connectivity index (χ3v) is 4.98. The Balaban J connectivity index is 5.06. The molecule has 0 heterocycles. The van der Waals surface area contributed by atoms with Gasteiger partial charge in [-0.05, 0) is 32.4 Å². The summed E-state index contributed by atoms with van der Waals surface area (Å²) in [5, 5.41) is 1.02. The number of carbonyl (C=O) groups is 1. The lowest BCUT2D eigenvalue weighted by Gasteiger charge is -2.19. The summed E-state index contributed by atoms with van der Waals surface area (Å²) >= 11 is 0. The Morgan fingerprint density at radius 3 is 2.00 bits per heavy atom. The molecule has 0 fully saturated rings. The molecule has 0 N–H and O–H groups in total. The van der Waals surface area contributed by atoms with Crippen molar-refractivity contribution in [2.24, 2.45) is 0 Å². The van der Waals surface area contributed by atoms with Gasteiger partial charge in [-0.25, -0.2) is 4.79 Å². The largest absolute Gasteiger partial charge is 0.466 e. The Bertz CT molecular complexity index is 257. The van der Waals surface area contributed by atoms with Crippen molar-refractivity contribution in [2.45, 2.75) is 40.5 Å². The maximum Gasteiger partial charge on any atom is 0.352 e. The van der Waals surface area contributed by atoms with Crippen LogP contribution in [0.3, 0.4) is 0 Å². The van der Waals surface area contributed by atoms with Gasteiger partial charge in [0.05, 0.1) is 7.11 Å². The molecule has 17 heavy (non-hydrogen) atoms. The number of hydrogen-bond donors (Lipinski definition) is 0. The van der Waals surface area contributed by atoms with Crippen LogP contribution in [0.15, 0.2) is 10.8 Å². The highest BCUT2D eigenvalue weighted by Gasteiger charge is 2.23. The van der Waals surface area contributed by atoms with E-state index < -0.39 is 9.28 Å². The van der Waals surface area contributed by atoms with Crippen LogP contribution in [0, 0.1) is 0 Å². The first-order chi connectivity index (χ1) is 8.12. The number of allylic oxidation sites excluding steroid dienone is 1. The topological polar surface area (TPSA) is 44.8 Å². The second-order valence-corrected chi connectivity index (χ2v) is 5.66. The summed E-state index contributed by atoms with van der Waals surface area (Å²) in [6.45, 7) is 8.96. The second-order valence-electron chi connectivity index (χ2n) is 3.63. The third kappa shape index (κ3) is 5.47. The van der Waals surface area contributed by atoms with Crippen LogP contribution in [-0.2, 0) is 18.4 Å². The lowest BCUT2D eigenvalue weighted by atomic mass is 10.2. The predicted octanol–water partition coefficient (Wildman–Crippen LogP) is 2.11. The number of methoxy groups -OCH3 is 1. The first-order valence-corrected chi connectivity index (χ1v) is 7.65. The summed E-state index contributed by atoms with van der Waals surface area (Å²) in [6.07, 6.45) is 1.80. The minimum atomic E-state index is -1.92.